The highest BCUT2D eigenvalue weighted by Gasteiger charge is 1.90. The largest absolute Gasteiger partial charge is 0.298 e. The normalized spacial score (nSPS) is 10.7. The molecule has 0 aliphatic rings. The van der Waals surface area contributed by atoms with Crippen LogP contribution in [-0.2, 0) is 6.42 Å². The molecule has 18 heavy (non-hydrogen) atoms. The van der Waals surface area contributed by atoms with E-state index in [4.69, 9.17) is 0 Å². The maximum absolute atomic E-state index is 10.5. The first-order valence-corrected chi connectivity index (χ1v) is 6.14. The Hall–Kier alpha value is -2.15. The number of hydrogen-bond acceptors (Lipinski definition) is 1. The maximum atomic E-state index is 10.5. The Labute approximate surface area is 108 Å². The Balaban J connectivity index is 1.85. The molecule has 0 saturated carbocycles. The van der Waals surface area contributed by atoms with E-state index in [1.807, 2.05) is 30.3 Å². The number of aldehydes is 1. The zero-order valence-electron chi connectivity index (χ0n) is 10.3. The summed E-state index contributed by atoms with van der Waals surface area (Å²) in [7, 11) is 0. The van der Waals surface area contributed by atoms with Gasteiger partial charge >= 0.3 is 0 Å². The Bertz CT molecular complexity index is 509. The van der Waals surface area contributed by atoms with Crippen molar-refractivity contribution in [3.8, 4) is 0 Å². The van der Waals surface area contributed by atoms with Gasteiger partial charge in [0.25, 0.3) is 0 Å². The smallest absolute Gasteiger partial charge is 0.150 e. The van der Waals surface area contributed by atoms with Gasteiger partial charge in [0.15, 0.2) is 0 Å². The van der Waals surface area contributed by atoms with Gasteiger partial charge in [-0.25, -0.2) is 0 Å². The van der Waals surface area contributed by atoms with Crippen molar-refractivity contribution in [2.75, 3.05) is 0 Å². The molecule has 0 saturated heterocycles. The van der Waals surface area contributed by atoms with Crippen molar-refractivity contribution in [3.05, 3.63) is 77.4 Å². The van der Waals surface area contributed by atoms with Crippen LogP contribution in [0.4, 0.5) is 0 Å². The molecule has 2 aromatic carbocycles. The van der Waals surface area contributed by atoms with Crippen LogP contribution in [0.5, 0.6) is 0 Å². The average Bonchev–Trinajstić information content (AvgIpc) is 2.45. The molecule has 0 bridgehead atoms. The van der Waals surface area contributed by atoms with Gasteiger partial charge in [-0.1, -0.05) is 66.7 Å². The fraction of sp³-hybridized carbons (Fsp3) is 0.118. The lowest BCUT2D eigenvalue weighted by molar-refractivity contribution is 0.112. The second-order valence-corrected chi connectivity index (χ2v) is 4.21. The summed E-state index contributed by atoms with van der Waals surface area (Å²) in [4.78, 5) is 10.5. The summed E-state index contributed by atoms with van der Waals surface area (Å²) < 4.78 is 0. The number of benzene rings is 2. The highest BCUT2D eigenvalue weighted by Crippen LogP contribution is 2.07. The number of rotatable bonds is 5. The van der Waals surface area contributed by atoms with Crippen LogP contribution in [0.15, 0.2) is 60.7 Å². The molecule has 0 atom stereocenters. The Kier molecular flexibility index (Phi) is 4.48. The van der Waals surface area contributed by atoms with E-state index in [-0.39, 0.29) is 0 Å². The van der Waals surface area contributed by atoms with Crippen LogP contribution < -0.4 is 0 Å². The lowest BCUT2D eigenvalue weighted by atomic mass is 10.1. The average molecular weight is 236 g/mol. The fourth-order valence-electron chi connectivity index (χ4n) is 1.80. The van der Waals surface area contributed by atoms with Crippen LogP contribution in [0, 0.1) is 0 Å². The topological polar surface area (TPSA) is 17.1 Å². The molecule has 0 fully saturated rings. The van der Waals surface area contributed by atoms with Crippen molar-refractivity contribution < 1.29 is 4.79 Å². The van der Waals surface area contributed by atoms with Crippen molar-refractivity contribution in [1.82, 2.24) is 0 Å². The number of allylic oxidation sites excluding steroid dienone is 1. The third kappa shape index (κ3) is 3.70. The molecule has 0 spiro atoms. The highest BCUT2D eigenvalue weighted by molar-refractivity contribution is 5.75. The second kappa shape index (κ2) is 6.55. The van der Waals surface area contributed by atoms with Gasteiger partial charge in [0, 0.05) is 5.56 Å². The summed E-state index contributed by atoms with van der Waals surface area (Å²) in [6.45, 7) is 0. The summed E-state index contributed by atoms with van der Waals surface area (Å²) >= 11 is 0. The van der Waals surface area contributed by atoms with Crippen LogP contribution in [-0.4, -0.2) is 6.29 Å². The van der Waals surface area contributed by atoms with E-state index in [0.717, 1.165) is 30.3 Å². The minimum absolute atomic E-state index is 0.719. The summed E-state index contributed by atoms with van der Waals surface area (Å²) in [6.07, 6.45) is 7.21. The van der Waals surface area contributed by atoms with E-state index in [2.05, 4.69) is 36.4 Å². The quantitative estimate of drug-likeness (QED) is 0.713. The molecule has 0 aliphatic carbocycles. The third-order valence-corrected chi connectivity index (χ3v) is 2.83. The van der Waals surface area contributed by atoms with Crippen LogP contribution >= 0.6 is 0 Å². The van der Waals surface area contributed by atoms with Crippen LogP contribution in [0.2, 0.25) is 0 Å². The zero-order valence-corrected chi connectivity index (χ0v) is 10.3. The molecule has 90 valence electrons. The third-order valence-electron chi connectivity index (χ3n) is 2.83. The van der Waals surface area contributed by atoms with E-state index >= 15 is 0 Å². The molecule has 0 amide bonds. The molecule has 0 aliphatic heterocycles. The Morgan fingerprint density at radius 1 is 0.833 bits per heavy atom. The minimum Gasteiger partial charge on any atom is -0.298 e. The monoisotopic (exact) mass is 236 g/mol. The van der Waals surface area contributed by atoms with Gasteiger partial charge in [-0.15, -0.1) is 0 Å². The van der Waals surface area contributed by atoms with E-state index in [0.29, 0.717) is 0 Å². The number of carbonyl (C=O) groups is 1. The first-order chi connectivity index (χ1) is 8.88. The van der Waals surface area contributed by atoms with Gasteiger partial charge in [0.05, 0.1) is 0 Å². The fourth-order valence-corrected chi connectivity index (χ4v) is 1.80. The first kappa shape index (κ1) is 12.3. The van der Waals surface area contributed by atoms with Crippen molar-refractivity contribution in [2.24, 2.45) is 0 Å². The second-order valence-electron chi connectivity index (χ2n) is 4.21. The highest BCUT2D eigenvalue weighted by atomic mass is 16.1. The molecule has 0 aromatic heterocycles. The predicted molar refractivity (Wildman–Crippen MR) is 75.6 cm³/mol. The number of aryl methyl sites for hydroxylation is 1. The summed E-state index contributed by atoms with van der Waals surface area (Å²) in [5, 5.41) is 0. The molecule has 0 heterocycles. The van der Waals surface area contributed by atoms with Gasteiger partial charge in [0.2, 0.25) is 0 Å². The van der Waals surface area contributed by atoms with Gasteiger partial charge in [-0.05, 0) is 24.0 Å². The molecule has 2 rings (SSSR count). The number of hydrogen-bond donors (Lipinski definition) is 0. The minimum atomic E-state index is 0.719. The van der Waals surface area contributed by atoms with Crippen LogP contribution in [0.1, 0.15) is 27.9 Å². The van der Waals surface area contributed by atoms with Crippen molar-refractivity contribution in [2.45, 2.75) is 12.8 Å². The molecule has 0 N–H and O–H groups in total. The van der Waals surface area contributed by atoms with Crippen molar-refractivity contribution >= 4 is 12.4 Å². The lowest BCUT2D eigenvalue weighted by Crippen LogP contribution is -1.82. The lowest BCUT2D eigenvalue weighted by Gasteiger charge is -1.97. The summed E-state index contributed by atoms with van der Waals surface area (Å²) in [6, 6.07) is 18.1. The molecular weight excluding hydrogens is 220 g/mol. The van der Waals surface area contributed by atoms with E-state index < -0.39 is 0 Å². The molecule has 2 aromatic rings. The maximum Gasteiger partial charge on any atom is 0.150 e. The van der Waals surface area contributed by atoms with Gasteiger partial charge in [0.1, 0.15) is 6.29 Å². The van der Waals surface area contributed by atoms with Crippen molar-refractivity contribution in [3.63, 3.8) is 0 Å². The van der Waals surface area contributed by atoms with Crippen LogP contribution in [0.25, 0.3) is 6.08 Å². The first-order valence-electron chi connectivity index (χ1n) is 6.14. The molecule has 0 unspecified atom stereocenters. The van der Waals surface area contributed by atoms with Crippen LogP contribution in [0.3, 0.4) is 0 Å². The van der Waals surface area contributed by atoms with Gasteiger partial charge in [-0.3, -0.25) is 4.79 Å². The Morgan fingerprint density at radius 2 is 1.50 bits per heavy atom. The Morgan fingerprint density at radius 3 is 2.17 bits per heavy atom. The zero-order chi connectivity index (χ0) is 12.6. The molecular formula is C17H16O. The molecule has 1 nitrogen and oxygen atoms in total. The standard InChI is InChI=1S/C17H16O/c18-14-17-12-10-16(11-13-17)9-5-4-8-15-6-2-1-3-7-15/h1-3,5-7,9-14H,4,8H2. The van der Waals surface area contributed by atoms with E-state index in [1.54, 1.807) is 0 Å². The summed E-state index contributed by atoms with van der Waals surface area (Å²) in [5.41, 5.74) is 3.21. The number of carbonyl (C=O) groups excluding carboxylic acids is 1. The summed E-state index contributed by atoms with van der Waals surface area (Å²) in [5.74, 6) is 0. The molecule has 1 heteroatoms. The SMILES string of the molecule is O=Cc1ccc(C=CCCc2ccccc2)cc1. The van der Waals surface area contributed by atoms with Gasteiger partial charge in [-0.2, -0.15) is 0 Å². The predicted octanol–water partition coefficient (Wildman–Crippen LogP) is 4.15. The van der Waals surface area contributed by atoms with Crippen molar-refractivity contribution in [1.29, 1.82) is 0 Å². The van der Waals surface area contributed by atoms with E-state index in [1.165, 1.54) is 5.56 Å². The molecule has 0 radical (unpaired) electrons. The van der Waals surface area contributed by atoms with E-state index in [9.17, 15) is 4.79 Å². The van der Waals surface area contributed by atoms with Gasteiger partial charge < -0.3 is 0 Å².